The fourth-order valence-electron chi connectivity index (χ4n) is 3.12. The summed E-state index contributed by atoms with van der Waals surface area (Å²) in [7, 11) is 0. The van der Waals surface area contributed by atoms with Gasteiger partial charge in [-0.1, -0.05) is 0 Å². The molecule has 0 saturated carbocycles. The Morgan fingerprint density at radius 2 is 2.19 bits per heavy atom. The van der Waals surface area contributed by atoms with Gasteiger partial charge in [-0.2, -0.15) is 0 Å². The Kier molecular flexibility index (Phi) is 2.93. The number of nitrogens with one attached hydrogen (secondary N) is 1. The Morgan fingerprint density at radius 1 is 1.31 bits per heavy atom. The van der Waals surface area contributed by atoms with E-state index in [2.05, 4.69) is 20.1 Å². The van der Waals surface area contributed by atoms with Gasteiger partial charge in [-0.25, -0.2) is 0 Å². The van der Waals surface area contributed by atoms with E-state index in [9.17, 15) is 0 Å². The molecule has 90 valence electrons. The minimum Gasteiger partial charge on any atom is -0.322 e. The first-order valence-corrected chi connectivity index (χ1v) is 6.29. The minimum absolute atomic E-state index is 0.134. The number of aliphatic imine (C=N–C) groups is 1. The molecule has 0 aromatic rings. The highest BCUT2D eigenvalue weighted by Crippen LogP contribution is 2.18. The summed E-state index contributed by atoms with van der Waals surface area (Å²) in [5, 5.41) is 3.44. The van der Waals surface area contributed by atoms with Crippen LogP contribution < -0.4 is 11.1 Å². The number of hydrogen-bond acceptors (Lipinski definition) is 5. The van der Waals surface area contributed by atoms with E-state index in [0.29, 0.717) is 12.1 Å². The van der Waals surface area contributed by atoms with Crippen LogP contribution in [-0.2, 0) is 0 Å². The number of nitrogens with zero attached hydrogens (tertiary/aromatic N) is 3. The Morgan fingerprint density at radius 3 is 3.06 bits per heavy atom. The van der Waals surface area contributed by atoms with Crippen LogP contribution in [0, 0.1) is 0 Å². The fourth-order valence-corrected chi connectivity index (χ4v) is 3.12. The van der Waals surface area contributed by atoms with Crippen LogP contribution in [0.3, 0.4) is 0 Å². The van der Waals surface area contributed by atoms with Gasteiger partial charge in [-0.3, -0.25) is 14.8 Å². The molecule has 5 nitrogen and oxygen atoms in total. The third kappa shape index (κ3) is 1.88. The van der Waals surface area contributed by atoms with Crippen molar-refractivity contribution in [2.24, 2.45) is 10.7 Å². The first-order chi connectivity index (χ1) is 7.84. The molecule has 3 N–H and O–H groups in total. The van der Waals surface area contributed by atoms with Crippen LogP contribution in [0.25, 0.3) is 0 Å². The van der Waals surface area contributed by atoms with Crippen LogP contribution in [0.4, 0.5) is 0 Å². The van der Waals surface area contributed by atoms with Gasteiger partial charge in [0.2, 0.25) is 0 Å². The van der Waals surface area contributed by atoms with Gasteiger partial charge in [0, 0.05) is 57.7 Å². The Balaban J connectivity index is 1.65. The summed E-state index contributed by atoms with van der Waals surface area (Å²) in [6.07, 6.45) is 3.06. The second kappa shape index (κ2) is 4.41. The zero-order valence-corrected chi connectivity index (χ0v) is 9.68. The quantitative estimate of drug-likeness (QED) is 0.580. The summed E-state index contributed by atoms with van der Waals surface area (Å²) < 4.78 is 0. The van der Waals surface area contributed by atoms with Gasteiger partial charge in [0.15, 0.2) is 0 Å². The fraction of sp³-hybridized carbons (Fsp3) is 0.909. The van der Waals surface area contributed by atoms with E-state index in [0.717, 1.165) is 32.7 Å². The smallest absolute Gasteiger partial charge is 0.0553 e. The third-order valence-electron chi connectivity index (χ3n) is 4.08. The topological polar surface area (TPSA) is 56.9 Å². The van der Waals surface area contributed by atoms with Gasteiger partial charge in [-0.05, 0) is 6.42 Å². The Bertz CT molecular complexity index is 280. The van der Waals surface area contributed by atoms with E-state index >= 15 is 0 Å². The van der Waals surface area contributed by atoms with E-state index in [1.807, 2.05) is 6.21 Å². The van der Waals surface area contributed by atoms with E-state index in [1.165, 1.54) is 13.1 Å². The second-order valence-corrected chi connectivity index (χ2v) is 5.06. The number of nitrogens with two attached hydrogens (primary N) is 1. The highest BCUT2D eigenvalue weighted by molar-refractivity contribution is 5.66. The molecular weight excluding hydrogens is 202 g/mol. The maximum absolute atomic E-state index is 6.13. The van der Waals surface area contributed by atoms with Crippen LogP contribution >= 0.6 is 0 Å². The first kappa shape index (κ1) is 10.7. The van der Waals surface area contributed by atoms with Crippen molar-refractivity contribution in [2.45, 2.75) is 24.5 Å². The molecule has 3 aliphatic heterocycles. The normalized spacial score (nSPS) is 41.2. The van der Waals surface area contributed by atoms with Gasteiger partial charge >= 0.3 is 0 Å². The molecule has 3 rings (SSSR count). The van der Waals surface area contributed by atoms with Crippen LogP contribution in [0.1, 0.15) is 6.42 Å². The van der Waals surface area contributed by atoms with Crippen molar-refractivity contribution in [2.75, 3.05) is 39.4 Å². The number of fused-ring (bicyclic) bond motifs is 1. The average Bonchev–Trinajstić information content (AvgIpc) is 2.76. The van der Waals surface area contributed by atoms with E-state index < -0.39 is 0 Å². The maximum atomic E-state index is 6.13. The molecule has 0 bridgehead atoms. The lowest BCUT2D eigenvalue weighted by Crippen LogP contribution is -2.59. The summed E-state index contributed by atoms with van der Waals surface area (Å²) in [6, 6.07) is 1.34. The lowest BCUT2D eigenvalue weighted by Gasteiger charge is -2.43. The molecule has 0 aromatic carbocycles. The Labute approximate surface area is 96.7 Å². The van der Waals surface area contributed by atoms with Crippen molar-refractivity contribution in [3.05, 3.63) is 0 Å². The number of rotatable bonds is 1. The standard InChI is InChI=1S/C11H21N5/c12-10-6-13-2-1-11(10)15-3-4-16-8-14-5-9(16)7-15/h6,9-11,14H,1-5,7-8,12H2. The Hall–Kier alpha value is -0.490. The number of hydrogen-bond donors (Lipinski definition) is 2. The number of piperazine rings is 1. The van der Waals surface area contributed by atoms with Crippen molar-refractivity contribution in [1.82, 2.24) is 15.1 Å². The summed E-state index contributed by atoms with van der Waals surface area (Å²) in [5.74, 6) is 0. The molecule has 0 aromatic heterocycles. The van der Waals surface area contributed by atoms with Crippen molar-refractivity contribution in [3.8, 4) is 0 Å². The third-order valence-corrected chi connectivity index (χ3v) is 4.08. The van der Waals surface area contributed by atoms with Crippen LogP contribution in [0.15, 0.2) is 4.99 Å². The van der Waals surface area contributed by atoms with Crippen LogP contribution in [0.2, 0.25) is 0 Å². The largest absolute Gasteiger partial charge is 0.322 e. The van der Waals surface area contributed by atoms with Gasteiger partial charge in [0.1, 0.15) is 0 Å². The maximum Gasteiger partial charge on any atom is 0.0553 e. The highest BCUT2D eigenvalue weighted by Gasteiger charge is 2.35. The van der Waals surface area contributed by atoms with Crippen LogP contribution in [0.5, 0.6) is 0 Å². The van der Waals surface area contributed by atoms with Gasteiger partial charge in [0.25, 0.3) is 0 Å². The average molecular weight is 223 g/mol. The van der Waals surface area contributed by atoms with Gasteiger partial charge in [-0.15, -0.1) is 0 Å². The molecule has 5 heteroatoms. The van der Waals surface area contributed by atoms with Gasteiger partial charge < -0.3 is 11.1 Å². The van der Waals surface area contributed by atoms with E-state index in [4.69, 9.17) is 5.73 Å². The molecule has 16 heavy (non-hydrogen) atoms. The second-order valence-electron chi connectivity index (χ2n) is 5.06. The molecule has 0 amide bonds. The predicted molar refractivity (Wildman–Crippen MR) is 64.7 cm³/mol. The molecule has 3 aliphatic rings. The summed E-state index contributed by atoms with van der Waals surface area (Å²) in [5.41, 5.74) is 6.13. The lowest BCUT2D eigenvalue weighted by atomic mass is 10.00. The molecule has 2 fully saturated rings. The molecule has 0 radical (unpaired) electrons. The zero-order valence-electron chi connectivity index (χ0n) is 9.68. The molecule has 0 aliphatic carbocycles. The molecule has 0 spiro atoms. The summed E-state index contributed by atoms with van der Waals surface area (Å²) >= 11 is 0. The summed E-state index contributed by atoms with van der Waals surface area (Å²) in [4.78, 5) is 9.38. The lowest BCUT2D eigenvalue weighted by molar-refractivity contribution is 0.0687. The first-order valence-electron chi connectivity index (χ1n) is 6.29. The molecule has 2 saturated heterocycles. The van der Waals surface area contributed by atoms with Crippen molar-refractivity contribution in [3.63, 3.8) is 0 Å². The SMILES string of the molecule is NC1C=NCCC1N1CCN2CNCC2C1. The summed E-state index contributed by atoms with van der Waals surface area (Å²) in [6.45, 7) is 6.65. The van der Waals surface area contributed by atoms with Crippen LogP contribution in [-0.4, -0.2) is 73.5 Å². The van der Waals surface area contributed by atoms with Gasteiger partial charge in [0.05, 0.1) is 6.04 Å². The zero-order chi connectivity index (χ0) is 11.0. The predicted octanol–water partition coefficient (Wildman–Crippen LogP) is -1.30. The van der Waals surface area contributed by atoms with E-state index in [1.54, 1.807) is 0 Å². The monoisotopic (exact) mass is 223 g/mol. The van der Waals surface area contributed by atoms with E-state index in [-0.39, 0.29) is 6.04 Å². The van der Waals surface area contributed by atoms with Crippen molar-refractivity contribution < 1.29 is 0 Å². The molecule has 3 atom stereocenters. The highest BCUT2D eigenvalue weighted by atomic mass is 15.4. The van der Waals surface area contributed by atoms with Crippen molar-refractivity contribution in [1.29, 1.82) is 0 Å². The van der Waals surface area contributed by atoms with Crippen molar-refractivity contribution >= 4 is 6.21 Å². The molecular formula is C11H21N5. The molecule has 3 unspecified atom stereocenters. The minimum atomic E-state index is 0.134. The molecule has 3 heterocycles.